The third-order valence-electron chi connectivity index (χ3n) is 8.31. The number of aryl methyl sites for hydroxylation is 2. The molecule has 0 saturated carbocycles. The third kappa shape index (κ3) is 16.2. The Kier molecular flexibility index (Phi) is 17.2. The van der Waals surface area contributed by atoms with Crippen molar-refractivity contribution in [2.45, 2.75) is 111 Å². The van der Waals surface area contributed by atoms with Gasteiger partial charge in [0.1, 0.15) is 37.4 Å². The van der Waals surface area contributed by atoms with Gasteiger partial charge in [-0.3, -0.25) is 43.1 Å². The third-order valence-corrected chi connectivity index (χ3v) is 8.31. The lowest BCUT2D eigenvalue weighted by molar-refractivity contribution is -0.149. The lowest BCUT2D eigenvalue weighted by Gasteiger charge is -2.20. The minimum atomic E-state index is -1.10. The van der Waals surface area contributed by atoms with Crippen molar-refractivity contribution in [2.75, 3.05) is 13.1 Å². The highest BCUT2D eigenvalue weighted by atomic mass is 16.6. The van der Waals surface area contributed by atoms with Crippen LogP contribution in [-0.4, -0.2) is 79.7 Å². The number of H-pyrrole nitrogens is 2. The molecule has 3 rings (SSSR count). The lowest BCUT2D eigenvalue weighted by Crippen LogP contribution is -2.48. The van der Waals surface area contributed by atoms with Crippen molar-refractivity contribution in [1.82, 2.24) is 40.4 Å². The number of amides is 4. The highest BCUT2D eigenvalue weighted by Gasteiger charge is 2.24. The molecule has 0 radical (unpaired) electrons. The Bertz CT molecular complexity index is 2100. The zero-order chi connectivity index (χ0) is 42.1. The number of rotatable bonds is 20. The number of benzene rings is 1. The average Bonchev–Trinajstić information content (AvgIpc) is 3.13. The fourth-order valence-electron chi connectivity index (χ4n) is 5.39. The van der Waals surface area contributed by atoms with Crippen LogP contribution in [0.15, 0.2) is 61.9 Å². The van der Waals surface area contributed by atoms with Crippen LogP contribution in [0.4, 0.5) is 4.79 Å². The van der Waals surface area contributed by atoms with Gasteiger partial charge in [0, 0.05) is 36.6 Å². The number of alkyl carbamates (subject to hydrolysis) is 1. The first kappa shape index (κ1) is 45.1. The fraction of sp³-hybridized carbons (Fsp3) is 0.500. The van der Waals surface area contributed by atoms with E-state index < -0.39 is 83.1 Å². The van der Waals surface area contributed by atoms with Crippen molar-refractivity contribution in [2.24, 2.45) is 0 Å². The molecule has 0 unspecified atom stereocenters. The van der Waals surface area contributed by atoms with E-state index in [2.05, 4.69) is 31.2 Å². The molecule has 0 bridgehead atoms. The van der Waals surface area contributed by atoms with E-state index in [4.69, 9.17) is 9.47 Å². The SMILES string of the molecule is Cc1cn(CC(=O)N[C@H](CCCCNC(=O)OC(C)(C)C)C(=O)NCCCC[C@@H](NC(=O)Cn2cc(C)c(=O)[nH]c2=O)C(=O)OCc2ccccc2)c(=O)[nH]c1=O. The molecule has 2 heterocycles. The Hall–Kier alpha value is -6.27. The molecule has 0 saturated heterocycles. The number of ether oxygens (including phenoxy) is 2. The Morgan fingerprint density at radius 2 is 1.19 bits per heavy atom. The van der Waals surface area contributed by atoms with Crippen molar-refractivity contribution in [3.05, 3.63) is 101 Å². The van der Waals surface area contributed by atoms with Gasteiger partial charge in [0.2, 0.25) is 17.7 Å². The van der Waals surface area contributed by atoms with Crippen molar-refractivity contribution >= 4 is 29.8 Å². The molecule has 4 amide bonds. The molecule has 1 aromatic carbocycles. The van der Waals surface area contributed by atoms with E-state index >= 15 is 0 Å². The molecule has 6 N–H and O–H groups in total. The van der Waals surface area contributed by atoms with Crippen molar-refractivity contribution < 1.29 is 33.4 Å². The van der Waals surface area contributed by atoms with E-state index in [-0.39, 0.29) is 43.7 Å². The summed E-state index contributed by atoms with van der Waals surface area (Å²) in [6.07, 6.45) is 3.78. The second-order valence-electron chi connectivity index (χ2n) is 14.4. The number of nitrogens with one attached hydrogen (secondary N) is 6. The number of aromatic nitrogens is 4. The number of aromatic amines is 2. The average molecular weight is 797 g/mol. The Morgan fingerprint density at radius 1 is 0.702 bits per heavy atom. The summed E-state index contributed by atoms with van der Waals surface area (Å²) >= 11 is 0. The molecule has 19 nitrogen and oxygen atoms in total. The van der Waals surface area contributed by atoms with Gasteiger partial charge in [0.15, 0.2) is 0 Å². The van der Waals surface area contributed by atoms with Crippen LogP contribution < -0.4 is 43.8 Å². The number of carbonyl (C=O) groups is 5. The van der Waals surface area contributed by atoms with E-state index in [1.54, 1.807) is 45.0 Å². The summed E-state index contributed by atoms with van der Waals surface area (Å²) in [6, 6.07) is 6.82. The van der Waals surface area contributed by atoms with E-state index in [1.807, 2.05) is 6.07 Å². The number of esters is 1. The zero-order valence-corrected chi connectivity index (χ0v) is 32.9. The molecule has 0 aliphatic heterocycles. The summed E-state index contributed by atoms with van der Waals surface area (Å²) in [7, 11) is 0. The minimum Gasteiger partial charge on any atom is -0.459 e. The van der Waals surface area contributed by atoms with Crippen molar-refractivity contribution in [1.29, 1.82) is 0 Å². The van der Waals surface area contributed by atoms with E-state index in [9.17, 15) is 43.2 Å². The van der Waals surface area contributed by atoms with Gasteiger partial charge in [-0.05, 0) is 78.7 Å². The highest BCUT2D eigenvalue weighted by molar-refractivity contribution is 5.87. The number of hydrogen-bond acceptors (Lipinski definition) is 11. The number of unbranched alkanes of at least 4 members (excludes halogenated alkanes) is 2. The molecule has 0 aliphatic rings. The first-order valence-electron chi connectivity index (χ1n) is 18.6. The van der Waals surface area contributed by atoms with Gasteiger partial charge in [-0.15, -0.1) is 0 Å². The van der Waals surface area contributed by atoms with Gasteiger partial charge in [-0.1, -0.05) is 30.3 Å². The van der Waals surface area contributed by atoms with Crippen molar-refractivity contribution in [3.63, 3.8) is 0 Å². The number of carbonyl (C=O) groups excluding carboxylic acids is 5. The maximum atomic E-state index is 13.3. The van der Waals surface area contributed by atoms with Gasteiger partial charge >= 0.3 is 23.4 Å². The molecule has 0 aliphatic carbocycles. The number of hydrogen-bond donors (Lipinski definition) is 6. The summed E-state index contributed by atoms with van der Waals surface area (Å²) < 4.78 is 12.7. The predicted octanol–water partition coefficient (Wildman–Crippen LogP) is 0.398. The van der Waals surface area contributed by atoms with Crippen LogP contribution in [0.25, 0.3) is 0 Å². The monoisotopic (exact) mass is 796 g/mol. The quantitative estimate of drug-likeness (QED) is 0.0674. The topological polar surface area (TPSA) is 262 Å². The molecule has 310 valence electrons. The van der Waals surface area contributed by atoms with Crippen LogP contribution in [-0.2, 0) is 48.3 Å². The Morgan fingerprint density at radius 3 is 1.72 bits per heavy atom. The normalized spacial score (nSPS) is 12.2. The second kappa shape index (κ2) is 21.7. The van der Waals surface area contributed by atoms with Crippen LogP contribution in [0, 0.1) is 13.8 Å². The molecule has 57 heavy (non-hydrogen) atoms. The molecular weight excluding hydrogens is 744 g/mol. The smallest absolute Gasteiger partial charge is 0.407 e. The van der Waals surface area contributed by atoms with Crippen LogP contribution in [0.5, 0.6) is 0 Å². The van der Waals surface area contributed by atoms with Crippen LogP contribution in [0.2, 0.25) is 0 Å². The fourth-order valence-corrected chi connectivity index (χ4v) is 5.39. The molecule has 0 spiro atoms. The van der Waals surface area contributed by atoms with Crippen LogP contribution in [0.3, 0.4) is 0 Å². The Labute approximate surface area is 327 Å². The largest absolute Gasteiger partial charge is 0.459 e. The van der Waals surface area contributed by atoms with Gasteiger partial charge < -0.3 is 30.7 Å². The van der Waals surface area contributed by atoms with E-state index in [1.165, 1.54) is 26.2 Å². The maximum absolute atomic E-state index is 13.3. The highest BCUT2D eigenvalue weighted by Crippen LogP contribution is 2.09. The molecule has 2 atom stereocenters. The molecule has 19 heteroatoms. The van der Waals surface area contributed by atoms with Crippen LogP contribution >= 0.6 is 0 Å². The van der Waals surface area contributed by atoms with Gasteiger partial charge in [0.25, 0.3) is 11.1 Å². The van der Waals surface area contributed by atoms with Gasteiger partial charge in [-0.25, -0.2) is 19.2 Å². The van der Waals surface area contributed by atoms with Crippen LogP contribution in [0.1, 0.15) is 76.0 Å². The molecule has 3 aromatic rings. The predicted molar refractivity (Wildman–Crippen MR) is 207 cm³/mol. The molecule has 0 fully saturated rings. The van der Waals surface area contributed by atoms with E-state index in [0.29, 0.717) is 25.7 Å². The molecule has 2 aromatic heterocycles. The van der Waals surface area contributed by atoms with E-state index in [0.717, 1.165) is 14.7 Å². The zero-order valence-electron chi connectivity index (χ0n) is 32.9. The van der Waals surface area contributed by atoms with Gasteiger partial charge in [0.05, 0.1) is 0 Å². The Balaban J connectivity index is 1.60. The summed E-state index contributed by atoms with van der Waals surface area (Å²) in [5, 5.41) is 10.7. The lowest BCUT2D eigenvalue weighted by atomic mass is 10.1. The maximum Gasteiger partial charge on any atom is 0.407 e. The first-order valence-corrected chi connectivity index (χ1v) is 18.6. The van der Waals surface area contributed by atoms with Crippen molar-refractivity contribution in [3.8, 4) is 0 Å². The summed E-state index contributed by atoms with van der Waals surface area (Å²) in [6.45, 7) is 7.62. The van der Waals surface area contributed by atoms with Gasteiger partial charge in [-0.2, -0.15) is 0 Å². The number of nitrogens with zero attached hydrogens (tertiary/aromatic N) is 2. The summed E-state index contributed by atoms with van der Waals surface area (Å²) in [4.78, 5) is 117. The first-order chi connectivity index (χ1) is 26.9. The second-order valence-corrected chi connectivity index (χ2v) is 14.4. The minimum absolute atomic E-state index is 0.0404. The summed E-state index contributed by atoms with van der Waals surface area (Å²) in [5.74, 6) is -2.54. The molecular formula is C38H52N8O11. The summed E-state index contributed by atoms with van der Waals surface area (Å²) in [5.41, 5.74) is -2.22. The standard InChI is InChI=1S/C38H52N8O11/c1-24-19-45(35(53)43-31(24)49)21-29(47)41-27(15-9-12-18-40-37(55)57-38(3,4)5)33(51)39-17-11-10-16-28(34(52)56-23-26-13-7-6-8-14-26)42-30(48)22-46-20-25(2)32(50)44-36(46)54/h6-8,13-14,19-20,27-28H,9-12,15-18,21-23H2,1-5H3,(H,39,51)(H,40,55)(H,41,47)(H,42,48)(H,43,49,53)(H,44,50,54)/t27-,28-/m1/s1.